The Balaban J connectivity index is 2.47. The Morgan fingerprint density at radius 3 is 2.86 bits per heavy atom. The van der Waals surface area contributed by atoms with Crippen molar-refractivity contribution in [3.8, 4) is 17.5 Å². The van der Waals surface area contributed by atoms with Crippen LogP contribution in [-0.2, 0) is 0 Å². The van der Waals surface area contributed by atoms with E-state index in [9.17, 15) is 0 Å². The topological polar surface area (TPSA) is 54.5 Å². The Morgan fingerprint density at radius 2 is 2.21 bits per heavy atom. The quantitative estimate of drug-likeness (QED) is 0.693. The van der Waals surface area contributed by atoms with Crippen molar-refractivity contribution in [1.29, 1.82) is 5.26 Å². The Labute approximate surface area is 97.3 Å². The molecule has 0 atom stereocenters. The molecule has 14 heavy (non-hydrogen) atoms. The van der Waals surface area contributed by atoms with E-state index >= 15 is 0 Å². The van der Waals surface area contributed by atoms with Crippen LogP contribution in [0.2, 0.25) is 0 Å². The van der Waals surface area contributed by atoms with Gasteiger partial charge >= 0.3 is 97.5 Å². The average molecular weight is 374 g/mol. The summed E-state index contributed by atoms with van der Waals surface area (Å²) >= 11 is 0.709. The Morgan fingerprint density at radius 1 is 1.36 bits per heavy atom. The minimum atomic E-state index is 0.611. The second-order valence-corrected chi connectivity index (χ2v) is 5.07. The van der Waals surface area contributed by atoms with Gasteiger partial charge in [0.1, 0.15) is 0 Å². The molecule has 0 saturated heterocycles. The summed E-state index contributed by atoms with van der Waals surface area (Å²) in [4.78, 5) is 8.36. The van der Waals surface area contributed by atoms with Gasteiger partial charge in [-0.05, 0) is 0 Å². The first kappa shape index (κ1) is 9.33. The molecule has 0 aliphatic carbocycles. The van der Waals surface area contributed by atoms with Gasteiger partial charge in [0.05, 0.1) is 0 Å². The molecule has 0 radical (unpaired) electrons. The molecule has 64 valence electrons. The van der Waals surface area contributed by atoms with Gasteiger partial charge < -0.3 is 0 Å². The molecule has 0 amide bonds. The third-order valence-corrected chi connectivity index (χ3v) is 2.85. The molecule has 2 heterocycles. The van der Waals surface area contributed by atoms with Crippen molar-refractivity contribution in [2.24, 2.45) is 0 Å². The van der Waals surface area contributed by atoms with Crippen molar-refractivity contribution >= 4 is 26.1 Å². The molecule has 0 unspecified atom stereocenters. The fourth-order valence-electron chi connectivity index (χ4n) is 1.11. The molecule has 5 heteroatoms. The number of pyridine rings is 1. The monoisotopic (exact) mass is 374 g/mol. The van der Waals surface area contributed by atoms with E-state index in [1.54, 1.807) is 24.7 Å². The van der Waals surface area contributed by atoms with Crippen LogP contribution in [0.25, 0.3) is 11.4 Å². The first-order valence-electron chi connectivity index (χ1n) is 3.95. The number of aromatic nitrogens is 3. The number of hydrogen-bond acceptors (Lipinski definition) is 3. The minimum absolute atomic E-state index is 0.611. The van der Waals surface area contributed by atoms with Crippen LogP contribution in [-0.4, -0.2) is 38.4 Å². The summed E-state index contributed by atoms with van der Waals surface area (Å²) in [5, 5.41) is 8.72. The fraction of sp³-hybridized carbons (Fsp3) is 0. The van der Waals surface area contributed by atoms with E-state index in [0.717, 1.165) is 11.4 Å². The Hall–Kier alpha value is -1.23. The van der Waals surface area contributed by atoms with Crippen molar-refractivity contribution in [3.63, 3.8) is 0 Å². The maximum atomic E-state index is 8.72. The van der Waals surface area contributed by atoms with Gasteiger partial charge in [-0.15, -0.1) is 0 Å². The van der Waals surface area contributed by atoms with Gasteiger partial charge in [-0.3, -0.25) is 0 Å². The Bertz CT molecular complexity index is 498. The second kappa shape index (κ2) is 3.88. The molecule has 0 bridgehead atoms. The third-order valence-electron chi connectivity index (χ3n) is 1.75. The van der Waals surface area contributed by atoms with E-state index in [0.29, 0.717) is 31.6 Å². The molecule has 0 aliphatic rings. The van der Waals surface area contributed by atoms with Gasteiger partial charge in [-0.1, -0.05) is 0 Å². The van der Waals surface area contributed by atoms with Crippen LogP contribution in [0, 0.1) is 11.3 Å². The first-order chi connectivity index (χ1) is 6.79. The van der Waals surface area contributed by atoms with E-state index < -0.39 is 0 Å². The van der Waals surface area contributed by atoms with Crippen LogP contribution in [0.4, 0.5) is 0 Å². The number of nitrogens with zero attached hydrogens (tertiary/aromatic N) is 4. The van der Waals surface area contributed by atoms with Crippen LogP contribution in [0.5, 0.6) is 0 Å². The van der Waals surface area contributed by atoms with E-state index in [2.05, 4.69) is 16.0 Å². The molecule has 0 fully saturated rings. The van der Waals surface area contributed by atoms with E-state index in [-0.39, 0.29) is 0 Å². The van der Waals surface area contributed by atoms with Crippen molar-refractivity contribution in [2.45, 2.75) is 0 Å². The van der Waals surface area contributed by atoms with Crippen LogP contribution < -0.4 is 0 Å². The van der Waals surface area contributed by atoms with E-state index in [1.165, 1.54) is 0 Å². The zero-order valence-electron chi connectivity index (χ0n) is 7.25. The van der Waals surface area contributed by atoms with Gasteiger partial charge in [-0.25, -0.2) is 0 Å². The molecule has 2 aromatic heterocycles. The molecule has 0 aromatic carbocycles. The van der Waals surface area contributed by atoms with Crippen LogP contribution in [0.15, 0.2) is 30.9 Å². The fourth-order valence-corrected chi connectivity index (χ4v) is 1.92. The van der Waals surface area contributed by atoms with E-state index in [4.69, 9.17) is 5.26 Å². The van der Waals surface area contributed by atoms with Crippen molar-refractivity contribution in [3.05, 3.63) is 36.4 Å². The predicted molar refractivity (Wildman–Crippen MR) is 51.3 cm³/mol. The van der Waals surface area contributed by atoms with Gasteiger partial charge in [0, 0.05) is 0 Å². The molecule has 2 rings (SSSR count). The van der Waals surface area contributed by atoms with Crippen LogP contribution in [0.1, 0.15) is 5.56 Å². The zero-order valence-corrected chi connectivity index (χ0v) is 11.7. The number of hydrogen-bond donors (Lipinski definition) is 0. The third kappa shape index (κ3) is 1.82. The molecular weight excluding hydrogens is 369 g/mol. The molecule has 0 spiro atoms. The summed E-state index contributed by atoms with van der Waals surface area (Å²) in [5.74, 6) is 0. The first-order valence-corrected chi connectivity index (χ1v) is 5.96. The van der Waals surface area contributed by atoms with Gasteiger partial charge in [-0.2, -0.15) is 0 Å². The summed E-state index contributed by atoms with van der Waals surface area (Å²) in [6, 6.07) is 5.51. The van der Waals surface area contributed by atoms with Crippen LogP contribution >= 0.6 is 0 Å². The summed E-state index contributed by atoms with van der Waals surface area (Å²) in [6.07, 6.45) is 5.34. The Kier molecular flexibility index (Phi) is 2.58. The molecule has 4 nitrogen and oxygen atoms in total. The van der Waals surface area contributed by atoms with Gasteiger partial charge in [0.25, 0.3) is 0 Å². The molecule has 0 saturated carbocycles. The summed E-state index contributed by atoms with van der Waals surface area (Å²) in [7, 11) is 0. The van der Waals surface area contributed by atoms with Crippen molar-refractivity contribution < 1.29 is 0 Å². The molecule has 2 aromatic rings. The normalized spacial score (nSPS) is 9.57. The summed E-state index contributed by atoms with van der Waals surface area (Å²) < 4.78 is 2.01. The summed E-state index contributed by atoms with van der Waals surface area (Å²) in [5.41, 5.74) is 2.19. The van der Waals surface area contributed by atoms with Crippen LogP contribution in [0.3, 0.4) is 0 Å². The molecular formula is C9H5N4Tl. The summed E-state index contributed by atoms with van der Waals surface area (Å²) in [6.45, 7) is 0. The average Bonchev–Trinajstić information content (AvgIpc) is 2.65. The van der Waals surface area contributed by atoms with Gasteiger partial charge in [0.2, 0.25) is 0 Å². The SMILES string of the molecule is N#Cc1ccnc(-c2c[n]([Tl])cn2)c1. The van der Waals surface area contributed by atoms with Crippen molar-refractivity contribution in [2.75, 3.05) is 0 Å². The second-order valence-electron chi connectivity index (χ2n) is 2.75. The van der Waals surface area contributed by atoms with Gasteiger partial charge in [0.15, 0.2) is 0 Å². The predicted octanol–water partition coefficient (Wildman–Crippen LogP) is 0.748. The number of nitriles is 1. The van der Waals surface area contributed by atoms with E-state index in [1.807, 2.05) is 8.57 Å². The zero-order chi connectivity index (χ0) is 9.97. The molecule has 0 aliphatic heterocycles. The standard InChI is InChI=1S/C9H5N4.Tl/c10-4-7-1-2-12-8(3-7)9-5-11-6-13-9;/h1-3,5-6H;/q-1;+1. The number of imidazole rings is 1. The van der Waals surface area contributed by atoms with Crippen molar-refractivity contribution in [1.82, 2.24) is 12.3 Å². The maximum absolute atomic E-state index is 8.72. The number of rotatable bonds is 1. The molecule has 0 N–H and O–H groups in total.